The molecule has 166 valence electrons. The van der Waals surface area contributed by atoms with Crippen LogP contribution in [0.15, 0.2) is 65.5 Å². The minimum Gasteiger partial charge on any atom is -0.350 e. The molecule has 0 saturated carbocycles. The lowest BCUT2D eigenvalue weighted by Gasteiger charge is -2.16. The molecular formula is C23H25N5O4. The van der Waals surface area contributed by atoms with Gasteiger partial charge in [0.25, 0.3) is 11.6 Å². The number of nitrogens with zero attached hydrogens (tertiary/aromatic N) is 4. The van der Waals surface area contributed by atoms with Crippen LogP contribution in [0.2, 0.25) is 0 Å². The summed E-state index contributed by atoms with van der Waals surface area (Å²) < 4.78 is 1.25. The average Bonchev–Trinajstić information content (AvgIpc) is 2.77. The number of hydrogen-bond donors (Lipinski definition) is 1. The molecule has 0 fully saturated rings. The molecule has 1 heterocycles. The molecule has 9 heteroatoms. The van der Waals surface area contributed by atoms with Gasteiger partial charge in [-0.1, -0.05) is 42.5 Å². The highest BCUT2D eigenvalue weighted by Gasteiger charge is 2.20. The first-order valence-electron chi connectivity index (χ1n) is 10.2. The number of hydrogen-bond acceptors (Lipinski definition) is 6. The molecular weight excluding hydrogens is 410 g/mol. The molecule has 0 aliphatic rings. The lowest BCUT2D eigenvalue weighted by Crippen LogP contribution is -2.33. The highest BCUT2D eigenvalue weighted by Crippen LogP contribution is 2.22. The topological polar surface area (TPSA) is 110 Å². The fraction of sp³-hybridized carbons (Fsp3) is 0.261. The maximum Gasteiger partial charge on any atom is 0.294 e. The molecule has 2 aromatic carbocycles. The van der Waals surface area contributed by atoms with Crippen LogP contribution in [0.4, 0.5) is 5.69 Å². The highest BCUT2D eigenvalue weighted by atomic mass is 16.6. The normalized spacial score (nSPS) is 10.8. The van der Waals surface area contributed by atoms with Crippen molar-refractivity contribution in [3.8, 4) is 5.69 Å². The Balaban J connectivity index is 1.65. The van der Waals surface area contributed by atoms with E-state index >= 15 is 0 Å². The van der Waals surface area contributed by atoms with Crippen LogP contribution < -0.4 is 10.7 Å². The maximum atomic E-state index is 12.6. The van der Waals surface area contributed by atoms with E-state index in [-0.39, 0.29) is 17.1 Å². The number of rotatable bonds is 9. The van der Waals surface area contributed by atoms with E-state index in [1.807, 2.05) is 25.2 Å². The zero-order valence-electron chi connectivity index (χ0n) is 18.0. The van der Waals surface area contributed by atoms with Crippen LogP contribution >= 0.6 is 0 Å². The van der Waals surface area contributed by atoms with E-state index in [1.165, 1.54) is 28.4 Å². The second-order valence-electron chi connectivity index (χ2n) is 7.49. The number of nitro groups is 1. The molecule has 1 amide bonds. The van der Waals surface area contributed by atoms with Gasteiger partial charge in [-0.25, -0.2) is 4.68 Å². The van der Waals surface area contributed by atoms with Crippen molar-refractivity contribution >= 4 is 11.6 Å². The summed E-state index contributed by atoms with van der Waals surface area (Å²) in [7, 11) is 2.00. The molecule has 0 atom stereocenters. The summed E-state index contributed by atoms with van der Waals surface area (Å²) in [5.41, 5.74) is 0.787. The van der Waals surface area contributed by atoms with E-state index in [0.29, 0.717) is 18.7 Å². The third kappa shape index (κ3) is 5.64. The second kappa shape index (κ2) is 10.5. The van der Waals surface area contributed by atoms with Gasteiger partial charge in [0, 0.05) is 30.9 Å². The Kier molecular flexibility index (Phi) is 7.45. The number of amides is 1. The number of nitro benzene ring substituents is 1. The van der Waals surface area contributed by atoms with Crippen molar-refractivity contribution in [2.24, 2.45) is 0 Å². The summed E-state index contributed by atoms with van der Waals surface area (Å²) >= 11 is 0. The summed E-state index contributed by atoms with van der Waals surface area (Å²) in [4.78, 5) is 37.9. The SMILES string of the molecule is Cc1cc(=O)c(C(=O)NCCCN(C)Cc2ccccc2)nn1-c1ccccc1[N+](=O)[O-]. The third-order valence-corrected chi connectivity index (χ3v) is 4.93. The molecule has 9 nitrogen and oxygen atoms in total. The first-order valence-corrected chi connectivity index (χ1v) is 10.2. The average molecular weight is 435 g/mol. The predicted octanol–water partition coefficient (Wildman–Crippen LogP) is 2.70. The fourth-order valence-electron chi connectivity index (χ4n) is 3.35. The van der Waals surface area contributed by atoms with Crippen molar-refractivity contribution in [2.75, 3.05) is 20.1 Å². The molecule has 0 saturated heterocycles. The first-order chi connectivity index (χ1) is 15.4. The second-order valence-corrected chi connectivity index (χ2v) is 7.49. The van der Waals surface area contributed by atoms with E-state index in [2.05, 4.69) is 27.4 Å². The van der Waals surface area contributed by atoms with Gasteiger partial charge in [-0.05, 0) is 38.6 Å². The van der Waals surface area contributed by atoms with Crippen LogP contribution in [0.3, 0.4) is 0 Å². The van der Waals surface area contributed by atoms with Crippen molar-refractivity contribution in [1.82, 2.24) is 20.0 Å². The standard InChI is InChI=1S/C23H25N5O4/c1-17-15-21(29)22(25-27(17)19-11-6-7-12-20(19)28(31)32)23(30)24-13-8-14-26(2)16-18-9-4-3-5-10-18/h3-7,9-12,15H,8,13-14,16H2,1-2H3,(H,24,30). The number of carbonyl (C=O) groups excluding carboxylic acids is 1. The Hall–Kier alpha value is -3.85. The van der Waals surface area contributed by atoms with E-state index in [9.17, 15) is 19.7 Å². The maximum absolute atomic E-state index is 12.6. The monoisotopic (exact) mass is 435 g/mol. The summed E-state index contributed by atoms with van der Waals surface area (Å²) in [5.74, 6) is -0.604. The van der Waals surface area contributed by atoms with Crippen molar-refractivity contribution < 1.29 is 9.72 Å². The number of para-hydroxylation sites is 2. The Morgan fingerprint density at radius 1 is 1.16 bits per heavy atom. The number of carbonyl (C=O) groups is 1. The van der Waals surface area contributed by atoms with Gasteiger partial charge in [0.05, 0.1) is 4.92 Å². The van der Waals surface area contributed by atoms with Gasteiger partial charge in [-0.2, -0.15) is 5.10 Å². The third-order valence-electron chi connectivity index (χ3n) is 4.93. The molecule has 1 aromatic heterocycles. The van der Waals surface area contributed by atoms with E-state index in [0.717, 1.165) is 13.1 Å². The van der Waals surface area contributed by atoms with Gasteiger partial charge < -0.3 is 10.2 Å². The van der Waals surface area contributed by atoms with Gasteiger partial charge in [-0.15, -0.1) is 0 Å². The molecule has 32 heavy (non-hydrogen) atoms. The smallest absolute Gasteiger partial charge is 0.294 e. The van der Waals surface area contributed by atoms with Gasteiger partial charge in [0.2, 0.25) is 5.43 Å². The van der Waals surface area contributed by atoms with E-state index < -0.39 is 16.3 Å². The summed E-state index contributed by atoms with van der Waals surface area (Å²) in [6.07, 6.45) is 0.694. The zero-order valence-corrected chi connectivity index (χ0v) is 18.0. The van der Waals surface area contributed by atoms with Crippen LogP contribution in [-0.4, -0.2) is 45.6 Å². The van der Waals surface area contributed by atoms with Crippen molar-refractivity contribution in [3.05, 3.63) is 98.0 Å². The number of aryl methyl sites for hydroxylation is 1. The Bertz CT molecular complexity index is 1160. The van der Waals surface area contributed by atoms with Crippen LogP contribution in [0.25, 0.3) is 5.69 Å². The molecule has 1 N–H and O–H groups in total. The van der Waals surface area contributed by atoms with Gasteiger partial charge in [0.1, 0.15) is 5.69 Å². The van der Waals surface area contributed by atoms with Gasteiger partial charge >= 0.3 is 0 Å². The molecule has 0 radical (unpaired) electrons. The summed E-state index contributed by atoms with van der Waals surface area (Å²) in [6, 6.07) is 17.4. The molecule has 0 bridgehead atoms. The molecule has 0 spiro atoms. The van der Waals surface area contributed by atoms with Crippen molar-refractivity contribution in [3.63, 3.8) is 0 Å². The molecule has 0 aliphatic carbocycles. The zero-order chi connectivity index (χ0) is 23.1. The number of nitrogens with one attached hydrogen (secondary N) is 1. The largest absolute Gasteiger partial charge is 0.350 e. The van der Waals surface area contributed by atoms with Gasteiger partial charge in [-0.3, -0.25) is 19.7 Å². The lowest BCUT2D eigenvalue weighted by atomic mass is 10.2. The molecule has 0 unspecified atom stereocenters. The number of aromatic nitrogens is 2. The predicted molar refractivity (Wildman–Crippen MR) is 121 cm³/mol. The minimum absolute atomic E-state index is 0.167. The van der Waals surface area contributed by atoms with E-state index in [1.54, 1.807) is 19.1 Å². The van der Waals surface area contributed by atoms with Crippen LogP contribution in [0, 0.1) is 17.0 Å². The lowest BCUT2D eigenvalue weighted by molar-refractivity contribution is -0.384. The fourth-order valence-corrected chi connectivity index (χ4v) is 3.35. The number of benzene rings is 2. The Morgan fingerprint density at radius 2 is 1.84 bits per heavy atom. The quantitative estimate of drug-likeness (QED) is 0.314. The van der Waals surface area contributed by atoms with Gasteiger partial charge in [0.15, 0.2) is 5.69 Å². The molecule has 0 aliphatic heterocycles. The minimum atomic E-state index is -0.604. The molecule has 3 rings (SSSR count). The van der Waals surface area contributed by atoms with Crippen molar-refractivity contribution in [2.45, 2.75) is 19.9 Å². The van der Waals surface area contributed by atoms with Crippen LogP contribution in [0.1, 0.15) is 28.2 Å². The Labute approximate surface area is 185 Å². The van der Waals surface area contributed by atoms with E-state index in [4.69, 9.17) is 0 Å². The summed E-state index contributed by atoms with van der Waals surface area (Å²) in [6.45, 7) is 3.54. The first kappa shape index (κ1) is 22.8. The Morgan fingerprint density at radius 3 is 2.56 bits per heavy atom. The molecule has 3 aromatic rings. The summed E-state index contributed by atoms with van der Waals surface area (Å²) in [5, 5.41) is 18.2. The van der Waals surface area contributed by atoms with Crippen molar-refractivity contribution in [1.29, 1.82) is 0 Å². The van der Waals surface area contributed by atoms with Crippen LogP contribution in [-0.2, 0) is 6.54 Å². The van der Waals surface area contributed by atoms with Crippen LogP contribution in [0.5, 0.6) is 0 Å². The highest BCUT2D eigenvalue weighted by molar-refractivity contribution is 5.92.